The summed E-state index contributed by atoms with van der Waals surface area (Å²) in [7, 11) is 0. The van der Waals surface area contributed by atoms with Gasteiger partial charge in [0.25, 0.3) is 0 Å². The number of rotatable bonds is 5. The minimum absolute atomic E-state index is 0.132. The van der Waals surface area contributed by atoms with Crippen LogP contribution in [0.25, 0.3) is 0 Å². The molecule has 3 rings (SSSR count). The maximum Gasteiger partial charge on any atom is 0.223 e. The van der Waals surface area contributed by atoms with Gasteiger partial charge in [-0.3, -0.25) is 4.90 Å². The molecule has 1 unspecified atom stereocenters. The first kappa shape index (κ1) is 17.5. The topological polar surface area (TPSA) is 67.1 Å². The van der Waals surface area contributed by atoms with Crippen LogP contribution in [0.2, 0.25) is 0 Å². The SMILES string of the molecule is Cc1nc(CN2CCCC(NCc3csc(C(C)(C)C)n3)C2)no1. The van der Waals surface area contributed by atoms with Crippen molar-refractivity contribution in [3.8, 4) is 0 Å². The van der Waals surface area contributed by atoms with Crippen LogP contribution < -0.4 is 5.32 Å². The average molecular weight is 350 g/mol. The molecule has 1 N–H and O–H groups in total. The minimum Gasteiger partial charge on any atom is -0.340 e. The van der Waals surface area contributed by atoms with Crippen molar-refractivity contribution >= 4 is 11.3 Å². The number of likely N-dealkylation sites (tertiary alicyclic amines) is 1. The van der Waals surface area contributed by atoms with Gasteiger partial charge in [0.1, 0.15) is 0 Å². The third-order valence-corrected chi connectivity index (χ3v) is 5.52. The van der Waals surface area contributed by atoms with Crippen molar-refractivity contribution in [2.24, 2.45) is 0 Å². The number of hydrogen-bond acceptors (Lipinski definition) is 7. The Labute approximate surface area is 147 Å². The van der Waals surface area contributed by atoms with E-state index in [1.165, 1.54) is 17.8 Å². The zero-order valence-corrected chi connectivity index (χ0v) is 15.8. The van der Waals surface area contributed by atoms with Crippen molar-refractivity contribution in [2.75, 3.05) is 13.1 Å². The second-order valence-electron chi connectivity index (χ2n) is 7.58. The highest BCUT2D eigenvalue weighted by molar-refractivity contribution is 7.09. The first-order valence-corrected chi connectivity index (χ1v) is 9.48. The van der Waals surface area contributed by atoms with E-state index in [2.05, 4.69) is 46.5 Å². The maximum absolute atomic E-state index is 5.06. The maximum atomic E-state index is 5.06. The standard InChI is InChI=1S/C17H27N5OS/c1-12-19-15(21-23-12)10-22-7-5-6-13(9-22)18-8-14-11-24-16(20-14)17(2,3)4/h11,13,18H,5-10H2,1-4H3. The number of nitrogens with zero attached hydrogens (tertiary/aromatic N) is 4. The molecule has 1 fully saturated rings. The molecule has 0 radical (unpaired) electrons. The lowest BCUT2D eigenvalue weighted by Crippen LogP contribution is -2.45. The van der Waals surface area contributed by atoms with Crippen molar-refractivity contribution < 1.29 is 4.52 Å². The van der Waals surface area contributed by atoms with Crippen molar-refractivity contribution in [2.45, 2.75) is 65.1 Å². The molecule has 0 bridgehead atoms. The van der Waals surface area contributed by atoms with E-state index < -0.39 is 0 Å². The summed E-state index contributed by atoms with van der Waals surface area (Å²) in [5, 5.41) is 11.0. The van der Waals surface area contributed by atoms with Gasteiger partial charge < -0.3 is 9.84 Å². The number of nitrogens with one attached hydrogen (secondary N) is 1. The van der Waals surface area contributed by atoms with Crippen molar-refractivity contribution in [1.29, 1.82) is 0 Å². The summed E-state index contributed by atoms with van der Waals surface area (Å²) in [6.45, 7) is 12.2. The summed E-state index contributed by atoms with van der Waals surface area (Å²) in [6, 6.07) is 0.492. The van der Waals surface area contributed by atoms with Crippen LogP contribution in [0.4, 0.5) is 0 Å². The quantitative estimate of drug-likeness (QED) is 0.895. The fraction of sp³-hybridized carbons (Fsp3) is 0.706. The van der Waals surface area contributed by atoms with Gasteiger partial charge in [-0.25, -0.2) is 4.98 Å². The molecule has 2 aromatic rings. The molecule has 3 heterocycles. The monoisotopic (exact) mass is 349 g/mol. The summed E-state index contributed by atoms with van der Waals surface area (Å²) in [4.78, 5) is 11.5. The molecule has 6 nitrogen and oxygen atoms in total. The molecule has 0 spiro atoms. The summed E-state index contributed by atoms with van der Waals surface area (Å²) in [5.74, 6) is 1.41. The van der Waals surface area contributed by atoms with Crippen LogP contribution in [0.5, 0.6) is 0 Å². The Morgan fingerprint density at radius 1 is 1.38 bits per heavy atom. The number of hydrogen-bond donors (Lipinski definition) is 1. The molecule has 0 aromatic carbocycles. The smallest absolute Gasteiger partial charge is 0.223 e. The lowest BCUT2D eigenvalue weighted by Gasteiger charge is -2.32. The molecule has 0 saturated carbocycles. The Morgan fingerprint density at radius 2 is 2.21 bits per heavy atom. The normalized spacial score (nSPS) is 19.8. The predicted octanol–water partition coefficient (Wildman–Crippen LogP) is 2.89. The molecular weight excluding hydrogens is 322 g/mol. The van der Waals surface area contributed by atoms with Crippen molar-refractivity contribution in [3.63, 3.8) is 0 Å². The molecular formula is C17H27N5OS. The van der Waals surface area contributed by atoms with E-state index >= 15 is 0 Å². The first-order valence-electron chi connectivity index (χ1n) is 8.60. The second kappa shape index (κ2) is 7.29. The van der Waals surface area contributed by atoms with E-state index in [1.54, 1.807) is 11.3 Å². The number of thiazole rings is 1. The van der Waals surface area contributed by atoms with Crippen LogP contribution in [-0.4, -0.2) is 39.2 Å². The minimum atomic E-state index is 0.132. The molecule has 7 heteroatoms. The van der Waals surface area contributed by atoms with Crippen molar-refractivity contribution in [1.82, 2.24) is 25.3 Å². The fourth-order valence-electron chi connectivity index (χ4n) is 2.95. The van der Waals surface area contributed by atoms with Crippen molar-refractivity contribution in [3.05, 3.63) is 27.8 Å². The predicted molar refractivity (Wildman–Crippen MR) is 95.0 cm³/mol. The van der Waals surface area contributed by atoms with Gasteiger partial charge in [0.2, 0.25) is 5.89 Å². The Kier molecular flexibility index (Phi) is 5.32. The van der Waals surface area contributed by atoms with Crippen LogP contribution in [-0.2, 0) is 18.5 Å². The highest BCUT2D eigenvalue weighted by Crippen LogP contribution is 2.25. The molecule has 1 aliphatic rings. The van der Waals surface area contributed by atoms with Gasteiger partial charge >= 0.3 is 0 Å². The van der Waals surface area contributed by atoms with Gasteiger partial charge in [0, 0.05) is 36.9 Å². The van der Waals surface area contributed by atoms with Gasteiger partial charge in [0.05, 0.1) is 17.2 Å². The summed E-state index contributed by atoms with van der Waals surface area (Å²) < 4.78 is 5.06. The van der Waals surface area contributed by atoms with E-state index in [9.17, 15) is 0 Å². The summed E-state index contributed by atoms with van der Waals surface area (Å²) >= 11 is 1.76. The third kappa shape index (κ3) is 4.62. The highest BCUT2D eigenvalue weighted by Gasteiger charge is 2.22. The van der Waals surface area contributed by atoms with Crippen LogP contribution in [0.1, 0.15) is 56.0 Å². The van der Waals surface area contributed by atoms with Crippen LogP contribution >= 0.6 is 11.3 Å². The van der Waals surface area contributed by atoms with Gasteiger partial charge in [-0.1, -0.05) is 25.9 Å². The molecule has 24 heavy (non-hydrogen) atoms. The molecule has 2 aromatic heterocycles. The Hall–Kier alpha value is -1.31. The van der Waals surface area contributed by atoms with E-state index in [1.807, 2.05) is 6.92 Å². The molecule has 132 valence electrons. The van der Waals surface area contributed by atoms with Gasteiger partial charge in [-0.2, -0.15) is 4.98 Å². The number of aryl methyl sites for hydroxylation is 1. The van der Waals surface area contributed by atoms with E-state index in [4.69, 9.17) is 9.51 Å². The van der Waals surface area contributed by atoms with Gasteiger partial charge in [-0.15, -0.1) is 11.3 Å². The van der Waals surface area contributed by atoms with Gasteiger partial charge in [0.15, 0.2) is 5.82 Å². The zero-order valence-electron chi connectivity index (χ0n) is 15.0. The average Bonchev–Trinajstić information content (AvgIpc) is 3.14. The fourth-order valence-corrected chi connectivity index (χ4v) is 3.86. The molecule has 0 amide bonds. The van der Waals surface area contributed by atoms with Crippen LogP contribution in [0.15, 0.2) is 9.90 Å². The van der Waals surface area contributed by atoms with E-state index in [-0.39, 0.29) is 5.41 Å². The summed E-state index contributed by atoms with van der Waals surface area (Å²) in [5.41, 5.74) is 1.28. The zero-order chi connectivity index (χ0) is 17.2. The van der Waals surface area contributed by atoms with Crippen LogP contribution in [0.3, 0.4) is 0 Å². The first-order chi connectivity index (χ1) is 11.4. The second-order valence-corrected chi connectivity index (χ2v) is 8.44. The molecule has 1 aliphatic heterocycles. The molecule has 1 saturated heterocycles. The Bertz CT molecular complexity index is 660. The number of piperidine rings is 1. The number of aromatic nitrogens is 3. The summed E-state index contributed by atoms with van der Waals surface area (Å²) in [6.07, 6.45) is 2.40. The van der Waals surface area contributed by atoms with Crippen LogP contribution in [0, 0.1) is 6.92 Å². The Balaban J connectivity index is 1.49. The Morgan fingerprint density at radius 3 is 2.88 bits per heavy atom. The molecule has 1 atom stereocenters. The largest absolute Gasteiger partial charge is 0.340 e. The highest BCUT2D eigenvalue weighted by atomic mass is 32.1. The van der Waals surface area contributed by atoms with E-state index in [0.29, 0.717) is 11.9 Å². The van der Waals surface area contributed by atoms with Gasteiger partial charge in [-0.05, 0) is 19.4 Å². The third-order valence-electron chi connectivity index (χ3n) is 4.21. The lowest BCUT2D eigenvalue weighted by molar-refractivity contribution is 0.177. The van der Waals surface area contributed by atoms with E-state index in [0.717, 1.165) is 37.7 Å². The lowest BCUT2D eigenvalue weighted by atomic mass is 9.98. The molecule has 0 aliphatic carbocycles.